The van der Waals surface area contributed by atoms with E-state index in [0.717, 1.165) is 16.8 Å². The number of hydrogen-bond donors (Lipinski definition) is 2. The maximum Gasteiger partial charge on any atom is 0.234 e. The predicted octanol–water partition coefficient (Wildman–Crippen LogP) is 4.32. The van der Waals surface area contributed by atoms with Gasteiger partial charge in [-0.15, -0.1) is 11.3 Å². The highest BCUT2D eigenvalue weighted by Crippen LogP contribution is 2.34. The van der Waals surface area contributed by atoms with Crippen molar-refractivity contribution in [2.45, 2.75) is 19.3 Å². The molecule has 3 aromatic rings. The first-order valence-corrected chi connectivity index (χ1v) is 9.30. The zero-order valence-corrected chi connectivity index (χ0v) is 15.3. The number of aromatic nitrogens is 1. The van der Waals surface area contributed by atoms with Crippen LogP contribution in [0.25, 0.3) is 11.3 Å². The van der Waals surface area contributed by atoms with Crippen molar-refractivity contribution in [2.24, 2.45) is 0 Å². The zero-order chi connectivity index (χ0) is 19.0. The van der Waals surface area contributed by atoms with Gasteiger partial charge in [0.2, 0.25) is 11.8 Å². The molecule has 1 aromatic heterocycles. The van der Waals surface area contributed by atoms with Crippen LogP contribution in [0.4, 0.5) is 15.2 Å². The summed E-state index contributed by atoms with van der Waals surface area (Å²) in [6.45, 7) is 2.01. The normalized spacial score (nSPS) is 15.8. The number of benzene rings is 2. The monoisotopic (exact) mass is 381 g/mol. The SMILES string of the molecule is Cc1ccc(-c2csc(NC(=O)[C@H]3CC(=O)Nc4cc(F)ccc43)n2)cc1. The van der Waals surface area contributed by atoms with Crippen LogP contribution in [0, 0.1) is 12.7 Å². The Kier molecular flexibility index (Phi) is 4.45. The molecule has 2 heterocycles. The molecule has 2 N–H and O–H groups in total. The first-order valence-electron chi connectivity index (χ1n) is 8.42. The van der Waals surface area contributed by atoms with Gasteiger partial charge in [0.15, 0.2) is 5.13 Å². The standard InChI is InChI=1S/C20H16FN3O2S/c1-11-2-4-12(5-3-11)17-10-27-20(23-17)24-19(26)15-9-18(25)22-16-8-13(21)6-7-14(15)16/h2-8,10,15H,9H2,1H3,(H,22,25)(H,23,24,26)/t15-/m0/s1. The van der Waals surface area contributed by atoms with Gasteiger partial charge in [0.25, 0.3) is 0 Å². The minimum atomic E-state index is -0.680. The molecule has 7 heteroatoms. The Bertz CT molecular complexity index is 1030. The van der Waals surface area contributed by atoms with E-state index in [4.69, 9.17) is 0 Å². The van der Waals surface area contributed by atoms with Gasteiger partial charge in [-0.1, -0.05) is 35.9 Å². The molecule has 0 saturated heterocycles. The van der Waals surface area contributed by atoms with Gasteiger partial charge in [0, 0.05) is 23.1 Å². The molecular formula is C20H16FN3O2S. The zero-order valence-electron chi connectivity index (χ0n) is 14.5. The van der Waals surface area contributed by atoms with E-state index in [2.05, 4.69) is 15.6 Å². The van der Waals surface area contributed by atoms with Gasteiger partial charge in [-0.3, -0.25) is 9.59 Å². The maximum atomic E-state index is 13.4. The highest BCUT2D eigenvalue weighted by atomic mass is 32.1. The first kappa shape index (κ1) is 17.4. The Labute approximate surface area is 159 Å². The lowest BCUT2D eigenvalue weighted by atomic mass is 9.90. The summed E-state index contributed by atoms with van der Waals surface area (Å²) in [6, 6.07) is 12.0. The van der Waals surface area contributed by atoms with Crippen LogP contribution in [0.5, 0.6) is 0 Å². The fourth-order valence-corrected chi connectivity index (χ4v) is 3.77. The number of carbonyl (C=O) groups excluding carboxylic acids is 2. The quantitative estimate of drug-likeness (QED) is 0.710. The van der Waals surface area contributed by atoms with Crippen molar-refractivity contribution in [3.8, 4) is 11.3 Å². The van der Waals surface area contributed by atoms with E-state index in [9.17, 15) is 14.0 Å². The van der Waals surface area contributed by atoms with E-state index in [0.29, 0.717) is 16.4 Å². The Morgan fingerprint density at radius 2 is 2.04 bits per heavy atom. The summed E-state index contributed by atoms with van der Waals surface area (Å²) < 4.78 is 13.4. The second-order valence-corrected chi connectivity index (χ2v) is 7.29. The molecule has 0 bridgehead atoms. The lowest BCUT2D eigenvalue weighted by Crippen LogP contribution is -2.30. The van der Waals surface area contributed by atoms with Crippen molar-refractivity contribution in [2.75, 3.05) is 10.6 Å². The summed E-state index contributed by atoms with van der Waals surface area (Å²) in [7, 11) is 0. The average molecular weight is 381 g/mol. The van der Waals surface area contributed by atoms with Crippen LogP contribution < -0.4 is 10.6 Å². The lowest BCUT2D eigenvalue weighted by Gasteiger charge is -2.24. The number of hydrogen-bond acceptors (Lipinski definition) is 4. The van der Waals surface area contributed by atoms with Crippen LogP contribution in [-0.4, -0.2) is 16.8 Å². The number of anilines is 2. The molecule has 0 spiro atoms. The Balaban J connectivity index is 1.55. The van der Waals surface area contributed by atoms with E-state index in [1.54, 1.807) is 0 Å². The number of carbonyl (C=O) groups is 2. The van der Waals surface area contributed by atoms with Gasteiger partial charge in [0.1, 0.15) is 5.82 Å². The molecule has 0 unspecified atom stereocenters. The third kappa shape index (κ3) is 3.59. The molecular weight excluding hydrogens is 365 g/mol. The molecule has 2 aromatic carbocycles. The number of rotatable bonds is 3. The van der Waals surface area contributed by atoms with Crippen molar-refractivity contribution < 1.29 is 14.0 Å². The van der Waals surface area contributed by atoms with Gasteiger partial charge in [-0.2, -0.15) is 0 Å². The van der Waals surface area contributed by atoms with E-state index in [1.807, 2.05) is 36.6 Å². The molecule has 0 radical (unpaired) electrons. The number of nitrogens with zero attached hydrogens (tertiary/aromatic N) is 1. The van der Waals surface area contributed by atoms with E-state index < -0.39 is 11.7 Å². The van der Waals surface area contributed by atoms with Crippen molar-refractivity contribution >= 4 is 34.0 Å². The van der Waals surface area contributed by atoms with Crippen LogP contribution in [0.2, 0.25) is 0 Å². The lowest BCUT2D eigenvalue weighted by molar-refractivity contribution is -0.123. The molecule has 1 aliphatic heterocycles. The Hall–Kier alpha value is -3.06. The van der Waals surface area contributed by atoms with Crippen LogP contribution in [0.1, 0.15) is 23.5 Å². The highest BCUT2D eigenvalue weighted by Gasteiger charge is 2.31. The number of aryl methyl sites for hydroxylation is 1. The molecule has 1 aliphatic rings. The molecule has 2 amide bonds. The van der Waals surface area contributed by atoms with Crippen molar-refractivity contribution in [3.63, 3.8) is 0 Å². The molecule has 136 valence electrons. The maximum absolute atomic E-state index is 13.4. The van der Waals surface area contributed by atoms with E-state index >= 15 is 0 Å². The Morgan fingerprint density at radius 1 is 1.26 bits per heavy atom. The van der Waals surface area contributed by atoms with Crippen molar-refractivity contribution in [3.05, 3.63) is 64.8 Å². The van der Waals surface area contributed by atoms with Gasteiger partial charge in [-0.05, 0) is 24.6 Å². The second-order valence-electron chi connectivity index (χ2n) is 6.43. The highest BCUT2D eigenvalue weighted by molar-refractivity contribution is 7.14. The summed E-state index contributed by atoms with van der Waals surface area (Å²) in [6.07, 6.45) is 0.0145. The smallest absolute Gasteiger partial charge is 0.234 e. The average Bonchev–Trinajstić information content (AvgIpc) is 3.09. The topological polar surface area (TPSA) is 71.1 Å². The van der Waals surface area contributed by atoms with Gasteiger partial charge < -0.3 is 10.6 Å². The summed E-state index contributed by atoms with van der Waals surface area (Å²) in [4.78, 5) is 29.1. The van der Waals surface area contributed by atoms with Crippen LogP contribution in [-0.2, 0) is 9.59 Å². The third-order valence-electron chi connectivity index (χ3n) is 4.45. The number of thiazole rings is 1. The first-order chi connectivity index (χ1) is 13.0. The molecule has 4 rings (SSSR count). The number of fused-ring (bicyclic) bond motifs is 1. The minimum Gasteiger partial charge on any atom is -0.326 e. The fraction of sp³-hybridized carbons (Fsp3) is 0.150. The minimum absolute atomic E-state index is 0.0145. The third-order valence-corrected chi connectivity index (χ3v) is 5.21. The number of nitrogens with one attached hydrogen (secondary N) is 2. The molecule has 0 saturated carbocycles. The summed E-state index contributed by atoms with van der Waals surface area (Å²) in [5.74, 6) is -1.78. The largest absolute Gasteiger partial charge is 0.326 e. The van der Waals surface area contributed by atoms with Gasteiger partial charge >= 0.3 is 0 Å². The molecule has 1 atom stereocenters. The van der Waals surface area contributed by atoms with E-state index in [-0.39, 0.29) is 18.2 Å². The van der Waals surface area contributed by atoms with Crippen LogP contribution in [0.15, 0.2) is 47.8 Å². The van der Waals surface area contributed by atoms with Gasteiger partial charge in [0.05, 0.1) is 11.6 Å². The molecule has 0 aliphatic carbocycles. The predicted molar refractivity (Wildman–Crippen MR) is 103 cm³/mol. The van der Waals surface area contributed by atoms with Gasteiger partial charge in [-0.25, -0.2) is 9.37 Å². The fourth-order valence-electron chi connectivity index (χ4n) is 3.05. The number of amides is 2. The Morgan fingerprint density at radius 3 is 2.81 bits per heavy atom. The van der Waals surface area contributed by atoms with Crippen molar-refractivity contribution in [1.82, 2.24) is 4.98 Å². The summed E-state index contributed by atoms with van der Waals surface area (Å²) >= 11 is 1.32. The molecule has 0 fully saturated rings. The van der Waals surface area contributed by atoms with Crippen molar-refractivity contribution in [1.29, 1.82) is 0 Å². The van der Waals surface area contributed by atoms with Crippen LogP contribution >= 0.6 is 11.3 Å². The number of halogens is 1. The molecule has 5 nitrogen and oxygen atoms in total. The molecule has 27 heavy (non-hydrogen) atoms. The summed E-state index contributed by atoms with van der Waals surface area (Å²) in [5.41, 5.74) is 3.84. The second kappa shape index (κ2) is 6.92. The van der Waals surface area contributed by atoms with Crippen LogP contribution in [0.3, 0.4) is 0 Å². The summed E-state index contributed by atoms with van der Waals surface area (Å²) in [5, 5.41) is 7.73. The van der Waals surface area contributed by atoms with E-state index in [1.165, 1.54) is 29.5 Å².